The zero-order chi connectivity index (χ0) is 20.5. The van der Waals surface area contributed by atoms with E-state index in [9.17, 15) is 14.4 Å². The zero-order valence-electron chi connectivity index (χ0n) is 15.4. The van der Waals surface area contributed by atoms with Crippen molar-refractivity contribution in [3.8, 4) is 11.5 Å². The number of benzene rings is 2. The van der Waals surface area contributed by atoms with E-state index in [0.717, 1.165) is 0 Å². The molecule has 0 heterocycles. The Balaban J connectivity index is 1.77. The van der Waals surface area contributed by atoms with Crippen LogP contribution in [-0.2, 0) is 14.3 Å². The Morgan fingerprint density at radius 2 is 1.79 bits per heavy atom. The first-order valence-corrected chi connectivity index (χ1v) is 8.79. The molecule has 8 heteroatoms. The van der Waals surface area contributed by atoms with Gasteiger partial charge in [-0.2, -0.15) is 0 Å². The van der Waals surface area contributed by atoms with Gasteiger partial charge >= 0.3 is 5.97 Å². The molecule has 2 rings (SSSR count). The van der Waals surface area contributed by atoms with Crippen molar-refractivity contribution in [2.24, 2.45) is 0 Å². The lowest BCUT2D eigenvalue weighted by atomic mass is 10.1. The Kier molecular flexibility index (Phi) is 7.83. The summed E-state index contributed by atoms with van der Waals surface area (Å²) in [6, 6.07) is 12.4. The first kappa shape index (κ1) is 21.2. The van der Waals surface area contributed by atoms with Gasteiger partial charge < -0.3 is 19.5 Å². The smallest absolute Gasteiger partial charge is 0.328 e. The highest BCUT2D eigenvalue weighted by molar-refractivity contribution is 6.32. The third-order valence-electron chi connectivity index (χ3n) is 3.66. The van der Waals surface area contributed by atoms with Crippen LogP contribution in [0.5, 0.6) is 11.5 Å². The summed E-state index contributed by atoms with van der Waals surface area (Å²) >= 11 is 5.97. The van der Waals surface area contributed by atoms with E-state index in [1.165, 1.54) is 26.2 Å². The van der Waals surface area contributed by atoms with Gasteiger partial charge in [0.15, 0.2) is 19.0 Å². The molecule has 0 spiro atoms. The first-order valence-electron chi connectivity index (χ1n) is 8.41. The highest BCUT2D eigenvalue weighted by Crippen LogP contribution is 2.25. The number of esters is 1. The average molecular weight is 406 g/mol. The van der Waals surface area contributed by atoms with Crippen LogP contribution >= 0.6 is 11.6 Å². The number of hydrogen-bond acceptors (Lipinski definition) is 6. The number of para-hydroxylation sites is 1. The number of carbonyl (C=O) groups is 3. The van der Waals surface area contributed by atoms with Gasteiger partial charge in [0.25, 0.3) is 5.91 Å². The Bertz CT molecular complexity index is 840. The van der Waals surface area contributed by atoms with Crippen molar-refractivity contribution in [3.05, 3.63) is 59.1 Å². The molecule has 0 saturated carbocycles. The fraction of sp³-hybridized carbons (Fsp3) is 0.250. The summed E-state index contributed by atoms with van der Waals surface area (Å²) in [6.45, 7) is 0.741. The third kappa shape index (κ3) is 6.28. The van der Waals surface area contributed by atoms with E-state index in [1.54, 1.807) is 30.3 Å². The van der Waals surface area contributed by atoms with Crippen LogP contribution in [0.2, 0.25) is 5.02 Å². The first-order chi connectivity index (χ1) is 13.4. The van der Waals surface area contributed by atoms with Gasteiger partial charge in [-0.05, 0) is 37.3 Å². The summed E-state index contributed by atoms with van der Waals surface area (Å²) in [5.74, 6) is -0.674. The monoisotopic (exact) mass is 405 g/mol. The summed E-state index contributed by atoms with van der Waals surface area (Å²) in [4.78, 5) is 36.0. The molecular formula is C20H20ClNO6. The molecule has 0 fully saturated rings. The van der Waals surface area contributed by atoms with Gasteiger partial charge in [0.2, 0.25) is 0 Å². The molecule has 1 atom stereocenters. The lowest BCUT2D eigenvalue weighted by Crippen LogP contribution is -2.42. The molecule has 0 aromatic heterocycles. The van der Waals surface area contributed by atoms with Crippen molar-refractivity contribution >= 4 is 29.3 Å². The lowest BCUT2D eigenvalue weighted by Gasteiger charge is -2.13. The summed E-state index contributed by atoms with van der Waals surface area (Å²) in [5, 5.41) is 2.73. The second-order valence-corrected chi connectivity index (χ2v) is 6.18. The van der Waals surface area contributed by atoms with Gasteiger partial charge in [-0.15, -0.1) is 0 Å². The van der Waals surface area contributed by atoms with Crippen molar-refractivity contribution in [1.29, 1.82) is 0 Å². The van der Waals surface area contributed by atoms with Crippen LogP contribution in [0.15, 0.2) is 48.5 Å². The minimum Gasteiger partial charge on any atom is -0.495 e. The molecule has 0 aliphatic rings. The molecule has 0 aliphatic carbocycles. The van der Waals surface area contributed by atoms with Crippen molar-refractivity contribution < 1.29 is 28.6 Å². The third-order valence-corrected chi connectivity index (χ3v) is 3.96. The van der Waals surface area contributed by atoms with Crippen molar-refractivity contribution in [2.75, 3.05) is 20.3 Å². The zero-order valence-corrected chi connectivity index (χ0v) is 16.2. The second kappa shape index (κ2) is 10.3. The Labute approximate surface area is 167 Å². The van der Waals surface area contributed by atoms with E-state index in [0.29, 0.717) is 11.5 Å². The largest absolute Gasteiger partial charge is 0.495 e. The summed E-state index contributed by atoms with van der Waals surface area (Å²) in [6.07, 6.45) is 0. The average Bonchev–Trinajstić information content (AvgIpc) is 2.70. The van der Waals surface area contributed by atoms with E-state index in [-0.39, 0.29) is 17.2 Å². The molecule has 1 amide bonds. The van der Waals surface area contributed by atoms with Gasteiger partial charge in [0.1, 0.15) is 17.5 Å². The maximum absolute atomic E-state index is 12.1. The Morgan fingerprint density at radius 1 is 1.07 bits per heavy atom. The maximum Gasteiger partial charge on any atom is 0.328 e. The molecule has 0 bridgehead atoms. The SMILES string of the molecule is COc1ccc(C(=O)COC(=O)[C@H](C)NC(=O)COc2ccccc2)cc1Cl. The number of amides is 1. The highest BCUT2D eigenvalue weighted by atomic mass is 35.5. The van der Waals surface area contributed by atoms with Gasteiger partial charge in [-0.25, -0.2) is 4.79 Å². The predicted molar refractivity (Wildman–Crippen MR) is 103 cm³/mol. The number of rotatable bonds is 9. The molecule has 28 heavy (non-hydrogen) atoms. The quantitative estimate of drug-likeness (QED) is 0.509. The van der Waals surface area contributed by atoms with Crippen LogP contribution in [0.3, 0.4) is 0 Å². The minimum atomic E-state index is -0.931. The van der Waals surface area contributed by atoms with Gasteiger partial charge in [0, 0.05) is 5.56 Å². The van der Waals surface area contributed by atoms with E-state index >= 15 is 0 Å². The number of nitrogens with one attached hydrogen (secondary N) is 1. The molecule has 0 aliphatic heterocycles. The summed E-state index contributed by atoms with van der Waals surface area (Å²) in [5.41, 5.74) is 0.284. The van der Waals surface area contributed by atoms with Crippen LogP contribution in [0.4, 0.5) is 0 Å². The minimum absolute atomic E-state index is 0.245. The number of Topliss-reactive ketones (excluding diaryl/α,β-unsaturated/α-hetero) is 1. The van der Waals surface area contributed by atoms with E-state index in [1.807, 2.05) is 6.07 Å². The van der Waals surface area contributed by atoms with Crippen molar-refractivity contribution in [2.45, 2.75) is 13.0 Å². The molecule has 7 nitrogen and oxygen atoms in total. The summed E-state index contributed by atoms with van der Waals surface area (Å²) in [7, 11) is 1.46. The van der Waals surface area contributed by atoms with Crippen LogP contribution in [0, 0.1) is 0 Å². The van der Waals surface area contributed by atoms with Gasteiger partial charge in [0.05, 0.1) is 12.1 Å². The normalized spacial score (nSPS) is 11.2. The number of ether oxygens (including phenoxy) is 3. The number of ketones is 1. The molecule has 148 valence electrons. The number of methoxy groups -OCH3 is 1. The van der Waals surface area contributed by atoms with E-state index < -0.39 is 30.3 Å². The van der Waals surface area contributed by atoms with Crippen molar-refractivity contribution in [1.82, 2.24) is 5.32 Å². The van der Waals surface area contributed by atoms with Crippen LogP contribution < -0.4 is 14.8 Å². The fourth-order valence-corrected chi connectivity index (χ4v) is 2.45. The van der Waals surface area contributed by atoms with Crippen LogP contribution in [0.25, 0.3) is 0 Å². The van der Waals surface area contributed by atoms with Gasteiger partial charge in [-0.3, -0.25) is 9.59 Å². The number of carbonyl (C=O) groups excluding carboxylic acids is 3. The number of hydrogen-bond donors (Lipinski definition) is 1. The van der Waals surface area contributed by atoms with Crippen LogP contribution in [0.1, 0.15) is 17.3 Å². The molecule has 1 N–H and O–H groups in total. The van der Waals surface area contributed by atoms with E-state index in [2.05, 4.69) is 5.32 Å². The molecule has 0 radical (unpaired) electrons. The second-order valence-electron chi connectivity index (χ2n) is 5.77. The lowest BCUT2D eigenvalue weighted by molar-refractivity contribution is -0.146. The molecule has 0 unspecified atom stereocenters. The van der Waals surface area contributed by atoms with Crippen LogP contribution in [-0.4, -0.2) is 44.0 Å². The van der Waals surface area contributed by atoms with E-state index in [4.69, 9.17) is 25.8 Å². The molecule has 2 aromatic rings. The van der Waals surface area contributed by atoms with Gasteiger partial charge in [-0.1, -0.05) is 29.8 Å². The molecular weight excluding hydrogens is 386 g/mol. The number of halogens is 1. The fourth-order valence-electron chi connectivity index (χ4n) is 2.19. The predicted octanol–water partition coefficient (Wildman–Crippen LogP) is 2.66. The Morgan fingerprint density at radius 3 is 2.43 bits per heavy atom. The Hall–Kier alpha value is -3.06. The standard InChI is InChI=1S/C20H20ClNO6/c1-13(22-19(24)12-27-15-6-4-3-5-7-15)20(25)28-11-17(23)14-8-9-18(26-2)16(21)10-14/h3-10,13H,11-12H2,1-2H3,(H,22,24)/t13-/m0/s1. The van der Waals surface area contributed by atoms with Crippen molar-refractivity contribution in [3.63, 3.8) is 0 Å². The summed E-state index contributed by atoms with van der Waals surface area (Å²) < 4.78 is 15.3. The molecule has 2 aromatic carbocycles. The highest BCUT2D eigenvalue weighted by Gasteiger charge is 2.19. The molecule has 0 saturated heterocycles. The topological polar surface area (TPSA) is 90.9 Å². The maximum atomic E-state index is 12.1.